The summed E-state index contributed by atoms with van der Waals surface area (Å²) in [6.07, 6.45) is 9.17. The molecule has 0 saturated heterocycles. The molecule has 4 aromatic carbocycles. The summed E-state index contributed by atoms with van der Waals surface area (Å²) in [4.78, 5) is 64.3. The third-order valence-electron chi connectivity index (χ3n) is 19.5. The molecule has 0 aliphatic rings. The molecule has 6 heterocycles. The molecule has 10 aromatic rings. The second kappa shape index (κ2) is 33.2. The Morgan fingerprint density at radius 1 is 0.275 bits per heavy atom. The molecule has 0 aliphatic carbocycles. The van der Waals surface area contributed by atoms with Crippen LogP contribution in [0.4, 0.5) is 25.9 Å². The molecular weight excluding hydrogens is 1300 g/mol. The van der Waals surface area contributed by atoms with E-state index >= 15 is 4.79 Å². The molecule has 0 amide bonds. The highest BCUT2D eigenvalue weighted by molar-refractivity contribution is 6.37. The van der Waals surface area contributed by atoms with Gasteiger partial charge in [0.25, 0.3) is 0 Å². The van der Waals surface area contributed by atoms with Gasteiger partial charge in [0, 0.05) is 52.4 Å². The molecule has 0 bridgehead atoms. The lowest BCUT2D eigenvalue weighted by atomic mass is 9.95. The van der Waals surface area contributed by atoms with Gasteiger partial charge in [-0.05, 0) is 189 Å². The highest BCUT2D eigenvalue weighted by Gasteiger charge is 2.33. The lowest BCUT2D eigenvalue weighted by Crippen LogP contribution is -2.09. The van der Waals surface area contributed by atoms with E-state index in [9.17, 15) is 35.5 Å². The Hall–Kier alpha value is -10.0. The van der Waals surface area contributed by atoms with Gasteiger partial charge in [-0.25, -0.2) is 25.9 Å². The van der Waals surface area contributed by atoms with Crippen LogP contribution in [0, 0.1) is 0 Å². The van der Waals surface area contributed by atoms with Gasteiger partial charge >= 0.3 is 22.4 Å². The van der Waals surface area contributed by atoms with Crippen molar-refractivity contribution in [1.29, 1.82) is 0 Å². The number of nitrogens with one attached hydrogen (secondary N) is 6. The van der Waals surface area contributed by atoms with E-state index in [1.54, 1.807) is 0 Å². The van der Waals surface area contributed by atoms with Gasteiger partial charge in [0.15, 0.2) is 0 Å². The summed E-state index contributed by atoms with van der Waals surface area (Å²) in [5, 5.41) is 0. The number of benzene rings is 4. The fourth-order valence-electron chi connectivity index (χ4n) is 15.1. The zero-order valence-electron chi connectivity index (χ0n) is 60.1. The van der Waals surface area contributed by atoms with Gasteiger partial charge in [-0.1, -0.05) is 180 Å². The van der Waals surface area contributed by atoms with Crippen molar-refractivity contribution < 1.29 is 54.2 Å². The predicted octanol–water partition coefficient (Wildman–Crippen LogP) is 20.9. The van der Waals surface area contributed by atoms with Crippen molar-refractivity contribution in [3.8, 4) is 67.5 Å². The van der Waals surface area contributed by atoms with Gasteiger partial charge < -0.3 is 43.9 Å². The van der Waals surface area contributed by atoms with Crippen molar-refractivity contribution in [1.82, 2.24) is 29.9 Å². The maximum absolute atomic E-state index is 15.1. The van der Waals surface area contributed by atoms with Crippen LogP contribution < -0.4 is 0 Å². The van der Waals surface area contributed by atoms with E-state index in [1.165, 1.54) is 0 Å². The number of allylic oxidation sites excluding steroid dienone is 3. The van der Waals surface area contributed by atoms with Crippen LogP contribution in [-0.4, -0.2) is 69.7 Å². The molecular formula is C81H87B3F6N6O6. The minimum absolute atomic E-state index is 0.185. The minimum atomic E-state index is -3.32. The first kappa shape index (κ1) is 74.6. The second-order valence-electron chi connectivity index (χ2n) is 24.9. The Bertz CT molecular complexity index is 4780. The standard InChI is InChI=1S/C81H87B3F6N6O6/c1-13-52-58(19-7)76(91-70(52)46-33-27-25-28-34-46)64(97)43-67(100-82(85)86)79-61(22-10)55(16-4)73(94-79)49-38-31-37-48(41-49)72-54(15-3)60(21-9)78(93-72)66(99)45-69(102-84(89)90)81-63(24-12)57(18-6)75(96-81)51-40-32-39-50(42-51)74-56(17-5)62(23-11)80(95-74)68(101-83(87)88)44-65(98)77-59(20-8)53(14-2)71(92-77)47-35-29-26-30-36-47/h25-45,91-96H,13-24H2,1-12H3/b67-43-,68-44-,69-45-. The van der Waals surface area contributed by atoms with Gasteiger partial charge in [0.2, 0.25) is 17.3 Å². The topological polar surface area (TPSA) is 174 Å². The van der Waals surface area contributed by atoms with Gasteiger partial charge in [-0.2, -0.15) is 0 Å². The summed E-state index contributed by atoms with van der Waals surface area (Å²) in [5.74, 6) is -2.63. The molecule has 6 aromatic heterocycles. The number of hydrogen-bond acceptors (Lipinski definition) is 6. The molecule has 12 nitrogen and oxygen atoms in total. The van der Waals surface area contributed by atoms with E-state index in [0.29, 0.717) is 156 Å². The fraction of sp³-hybridized carbons (Fsp3) is 0.296. The Morgan fingerprint density at radius 3 is 0.667 bits per heavy atom. The van der Waals surface area contributed by atoms with E-state index in [4.69, 9.17) is 14.0 Å². The highest BCUT2D eigenvalue weighted by Crippen LogP contribution is 2.42. The molecule has 528 valence electrons. The molecule has 0 unspecified atom stereocenters. The zero-order valence-corrected chi connectivity index (χ0v) is 60.1. The molecule has 0 aliphatic heterocycles. The average molecular weight is 1390 g/mol. The largest absolute Gasteiger partial charge is 0.796 e. The molecule has 0 spiro atoms. The molecule has 10 rings (SSSR count). The number of halogens is 6. The van der Waals surface area contributed by atoms with E-state index in [0.717, 1.165) is 85.3 Å². The first-order chi connectivity index (χ1) is 49.3. The lowest BCUT2D eigenvalue weighted by molar-refractivity contribution is 0.103. The van der Waals surface area contributed by atoms with E-state index in [1.807, 2.05) is 192 Å². The maximum atomic E-state index is 15.1. The Morgan fingerprint density at radius 2 is 0.461 bits per heavy atom. The van der Waals surface area contributed by atoms with Gasteiger partial charge in [-0.3, -0.25) is 14.4 Å². The van der Waals surface area contributed by atoms with Gasteiger partial charge in [0.1, 0.15) is 17.3 Å². The summed E-state index contributed by atoms with van der Waals surface area (Å²) in [5.41, 5.74) is 19.6. The van der Waals surface area contributed by atoms with Crippen molar-refractivity contribution in [3.05, 3.63) is 228 Å². The first-order valence-corrected chi connectivity index (χ1v) is 35.7. The van der Waals surface area contributed by atoms with Crippen LogP contribution in [0.3, 0.4) is 0 Å². The second-order valence-corrected chi connectivity index (χ2v) is 24.9. The molecule has 102 heavy (non-hydrogen) atoms. The third-order valence-corrected chi connectivity index (χ3v) is 19.5. The maximum Gasteiger partial charge on any atom is 0.796 e. The number of hydrogen-bond donors (Lipinski definition) is 6. The van der Waals surface area contributed by atoms with Crippen molar-refractivity contribution in [2.75, 3.05) is 0 Å². The number of H-pyrrole nitrogens is 6. The lowest BCUT2D eigenvalue weighted by Gasteiger charge is -2.10. The number of carbonyl (C=O) groups is 3. The molecule has 21 heteroatoms. The van der Waals surface area contributed by atoms with Crippen molar-refractivity contribution in [2.45, 2.75) is 160 Å². The van der Waals surface area contributed by atoms with Crippen LogP contribution in [0.1, 0.15) is 198 Å². The summed E-state index contributed by atoms with van der Waals surface area (Å²) in [6.45, 7) is 23.4. The van der Waals surface area contributed by atoms with Crippen LogP contribution in [0.25, 0.3) is 84.8 Å². The summed E-state index contributed by atoms with van der Waals surface area (Å²) < 4.78 is 104. The molecule has 0 fully saturated rings. The molecule has 0 radical (unpaired) electrons. The third kappa shape index (κ3) is 15.0. The number of aromatic amines is 6. The van der Waals surface area contributed by atoms with E-state index < -0.39 is 39.8 Å². The van der Waals surface area contributed by atoms with Crippen LogP contribution in [0.15, 0.2) is 127 Å². The molecule has 0 atom stereocenters. The number of carbonyl (C=O) groups excluding carboxylic acids is 3. The number of aromatic nitrogens is 6. The van der Waals surface area contributed by atoms with Crippen molar-refractivity contribution in [3.63, 3.8) is 0 Å². The summed E-state index contributed by atoms with van der Waals surface area (Å²) in [7, 11) is -9.84. The van der Waals surface area contributed by atoms with Crippen molar-refractivity contribution >= 4 is 57.0 Å². The summed E-state index contributed by atoms with van der Waals surface area (Å²) >= 11 is 0. The SMILES string of the molecule is CCc1c(C(=O)/C=C(\OB(F)F)c2[nH]c(-c3cccc(-c4[nH]c(C(=O)/C=C(\OB(F)F)c5[nH]c(-c6cccc(-c7[nH]c(/C(=C/C(=O)c8[nH]c(-c9ccccc9)c(CC)c8CC)OB(F)F)c(CC)c7CC)c6)c(CC)c5CC)c(CC)c4CC)c3)c(CC)c2CC)[nH]c(-c2ccccc2)c1CC. The smallest absolute Gasteiger partial charge is 0.503 e. The van der Waals surface area contributed by atoms with Gasteiger partial charge in [0.05, 0.1) is 34.2 Å². The number of ketones is 3. The van der Waals surface area contributed by atoms with E-state index in [2.05, 4.69) is 29.9 Å². The Labute approximate surface area is 594 Å². The molecule has 0 saturated carbocycles. The van der Waals surface area contributed by atoms with Gasteiger partial charge in [-0.15, -0.1) is 0 Å². The van der Waals surface area contributed by atoms with Crippen LogP contribution in [0.5, 0.6) is 0 Å². The predicted molar refractivity (Wildman–Crippen MR) is 401 cm³/mol. The van der Waals surface area contributed by atoms with E-state index in [-0.39, 0.29) is 40.1 Å². The monoisotopic (exact) mass is 1390 g/mol. The minimum Gasteiger partial charge on any atom is -0.503 e. The van der Waals surface area contributed by atoms with Crippen molar-refractivity contribution in [2.24, 2.45) is 0 Å². The normalized spacial score (nSPS) is 12.0. The first-order valence-electron chi connectivity index (χ1n) is 35.7. The highest BCUT2D eigenvalue weighted by atomic mass is 19.3. The average Bonchev–Trinajstić information content (AvgIpc) is 1.62. The fourth-order valence-corrected chi connectivity index (χ4v) is 15.1. The van der Waals surface area contributed by atoms with Crippen LogP contribution in [-0.2, 0) is 91.0 Å². The van der Waals surface area contributed by atoms with Crippen LogP contribution in [0.2, 0.25) is 0 Å². The quantitative estimate of drug-likeness (QED) is 0.00785. The summed E-state index contributed by atoms with van der Waals surface area (Å²) in [6, 6.07) is 34.4. The molecule has 6 N–H and O–H groups in total. The number of rotatable bonds is 33. The van der Waals surface area contributed by atoms with Crippen LogP contribution >= 0.6 is 0 Å². The zero-order chi connectivity index (χ0) is 73.2. The Kier molecular flexibility index (Phi) is 24.3. The Balaban J connectivity index is 1.00.